The molecule has 0 amide bonds. The van der Waals surface area contributed by atoms with E-state index in [1.165, 1.54) is 25.2 Å². The molecule has 0 radical (unpaired) electrons. The average molecular weight is 346 g/mol. The Morgan fingerprint density at radius 3 is 2.17 bits per heavy atom. The summed E-state index contributed by atoms with van der Waals surface area (Å²) < 4.78 is 62.4. The number of nitrogens with one attached hydrogen (secondary N) is 2. The Hall–Kier alpha value is -2.20. The lowest BCUT2D eigenvalue weighted by atomic mass is 10.2. The van der Waals surface area contributed by atoms with Crippen molar-refractivity contribution in [2.75, 3.05) is 12.4 Å². The van der Waals surface area contributed by atoms with E-state index >= 15 is 0 Å². The highest BCUT2D eigenvalue weighted by molar-refractivity contribution is 7.89. The number of rotatable bonds is 5. The predicted octanol–water partition coefficient (Wildman–Crippen LogP) is 2.02. The molecule has 124 valence electrons. The van der Waals surface area contributed by atoms with Crippen LogP contribution in [0.15, 0.2) is 41.3 Å². The van der Waals surface area contributed by atoms with E-state index in [2.05, 4.69) is 20.2 Å². The lowest BCUT2D eigenvalue weighted by Crippen LogP contribution is -2.18. The van der Waals surface area contributed by atoms with Crippen LogP contribution < -0.4 is 10.0 Å². The lowest BCUT2D eigenvalue weighted by molar-refractivity contribution is -0.141. The molecule has 0 saturated carbocycles. The largest absolute Gasteiger partial charge is 0.435 e. The van der Waals surface area contributed by atoms with E-state index in [1.54, 1.807) is 12.1 Å². The van der Waals surface area contributed by atoms with Gasteiger partial charge in [0.2, 0.25) is 10.0 Å². The molecule has 0 fully saturated rings. The van der Waals surface area contributed by atoms with Gasteiger partial charge in [0.1, 0.15) is 5.82 Å². The van der Waals surface area contributed by atoms with Crippen molar-refractivity contribution < 1.29 is 21.6 Å². The minimum Gasteiger partial charge on any atom is -0.365 e. The van der Waals surface area contributed by atoms with Crippen LogP contribution in [0.1, 0.15) is 11.3 Å². The highest BCUT2D eigenvalue weighted by Gasteiger charge is 2.32. The molecule has 1 aromatic carbocycles. The van der Waals surface area contributed by atoms with Gasteiger partial charge in [0.15, 0.2) is 5.69 Å². The van der Waals surface area contributed by atoms with Gasteiger partial charge in [0.25, 0.3) is 0 Å². The lowest BCUT2D eigenvalue weighted by Gasteiger charge is -2.08. The Morgan fingerprint density at radius 1 is 1.04 bits per heavy atom. The first kappa shape index (κ1) is 17.2. The van der Waals surface area contributed by atoms with Crippen molar-refractivity contribution in [3.05, 3.63) is 47.7 Å². The second-order valence-corrected chi connectivity index (χ2v) is 6.39. The molecule has 23 heavy (non-hydrogen) atoms. The normalized spacial score (nSPS) is 12.2. The van der Waals surface area contributed by atoms with Gasteiger partial charge in [-0.25, -0.2) is 13.1 Å². The van der Waals surface area contributed by atoms with E-state index in [4.69, 9.17) is 0 Å². The number of hydrogen-bond acceptors (Lipinski definition) is 5. The van der Waals surface area contributed by atoms with Crippen LogP contribution in [-0.2, 0) is 22.7 Å². The quantitative estimate of drug-likeness (QED) is 0.865. The molecule has 2 N–H and O–H groups in total. The molecule has 0 atom stereocenters. The topological polar surface area (TPSA) is 84.0 Å². The van der Waals surface area contributed by atoms with Crippen LogP contribution in [0.2, 0.25) is 0 Å². The summed E-state index contributed by atoms with van der Waals surface area (Å²) in [5.41, 5.74) is -0.327. The number of anilines is 1. The van der Waals surface area contributed by atoms with Crippen molar-refractivity contribution in [3.63, 3.8) is 0 Å². The third-order valence-corrected chi connectivity index (χ3v) is 4.36. The van der Waals surface area contributed by atoms with Gasteiger partial charge in [-0.2, -0.15) is 13.2 Å². The summed E-state index contributed by atoms with van der Waals surface area (Å²) in [4.78, 5) is 0.123. The monoisotopic (exact) mass is 346 g/mol. The van der Waals surface area contributed by atoms with Crippen molar-refractivity contribution in [1.29, 1.82) is 0 Å². The molecule has 0 saturated heterocycles. The number of aromatic nitrogens is 2. The van der Waals surface area contributed by atoms with Crippen molar-refractivity contribution in [2.45, 2.75) is 17.6 Å². The first-order valence-electron chi connectivity index (χ1n) is 6.39. The molecule has 0 aliphatic rings. The maximum absolute atomic E-state index is 12.4. The standard InChI is InChI=1S/C13H13F3N4O2S/c1-17-23(21,22)10-4-2-9(3-5-10)8-18-12-7-6-11(19-20-12)13(14,15)16/h2-7,17H,8H2,1H3,(H,18,20). The van der Waals surface area contributed by atoms with Gasteiger partial charge in [-0.05, 0) is 36.9 Å². The fraction of sp³-hybridized carbons (Fsp3) is 0.231. The van der Waals surface area contributed by atoms with Crippen LogP contribution >= 0.6 is 0 Å². The molecular formula is C13H13F3N4O2S. The van der Waals surface area contributed by atoms with Crippen molar-refractivity contribution >= 4 is 15.8 Å². The first-order valence-corrected chi connectivity index (χ1v) is 7.88. The molecule has 0 unspecified atom stereocenters. The van der Waals surface area contributed by atoms with Crippen LogP contribution in [0.5, 0.6) is 0 Å². The Balaban J connectivity index is 2.01. The van der Waals surface area contributed by atoms with Crippen molar-refractivity contribution in [1.82, 2.24) is 14.9 Å². The maximum Gasteiger partial charge on any atom is 0.435 e. The zero-order chi connectivity index (χ0) is 17.1. The molecule has 0 aliphatic carbocycles. The fourth-order valence-electron chi connectivity index (χ4n) is 1.67. The molecular weight excluding hydrogens is 333 g/mol. The molecule has 6 nitrogen and oxygen atoms in total. The summed E-state index contributed by atoms with van der Waals surface area (Å²) in [5.74, 6) is 0.185. The first-order chi connectivity index (χ1) is 10.7. The van der Waals surface area contributed by atoms with E-state index in [1.807, 2.05) is 0 Å². The Bertz CT molecular complexity index is 759. The summed E-state index contributed by atoms with van der Waals surface area (Å²) in [6.45, 7) is 0.264. The van der Waals surface area contributed by atoms with Crippen LogP contribution in [0.4, 0.5) is 19.0 Å². The number of sulfonamides is 1. The van der Waals surface area contributed by atoms with E-state index in [-0.39, 0.29) is 17.3 Å². The number of hydrogen-bond donors (Lipinski definition) is 2. The van der Waals surface area contributed by atoms with Gasteiger partial charge >= 0.3 is 6.18 Å². The average Bonchev–Trinajstić information content (AvgIpc) is 2.53. The summed E-state index contributed by atoms with van der Waals surface area (Å²) in [6, 6.07) is 8.06. The van der Waals surface area contributed by atoms with Crippen LogP contribution in [0, 0.1) is 0 Å². The van der Waals surface area contributed by atoms with Crippen LogP contribution in [0.25, 0.3) is 0 Å². The minimum atomic E-state index is -4.53. The minimum absolute atomic E-state index is 0.123. The molecule has 1 heterocycles. The Labute approximate surface area is 130 Å². The van der Waals surface area contributed by atoms with Gasteiger partial charge in [-0.15, -0.1) is 10.2 Å². The smallest absolute Gasteiger partial charge is 0.365 e. The van der Waals surface area contributed by atoms with Crippen LogP contribution in [0.3, 0.4) is 0 Å². The van der Waals surface area contributed by atoms with Gasteiger partial charge < -0.3 is 5.32 Å². The molecule has 0 bridgehead atoms. The van der Waals surface area contributed by atoms with E-state index in [9.17, 15) is 21.6 Å². The fourth-order valence-corrected chi connectivity index (χ4v) is 2.40. The van der Waals surface area contributed by atoms with E-state index in [0.717, 1.165) is 11.6 Å². The second-order valence-electron chi connectivity index (χ2n) is 4.51. The Kier molecular flexibility index (Phi) is 4.85. The molecule has 10 heteroatoms. The molecule has 2 aromatic rings. The van der Waals surface area contributed by atoms with Gasteiger partial charge in [-0.3, -0.25) is 0 Å². The van der Waals surface area contributed by atoms with Gasteiger partial charge in [0.05, 0.1) is 4.90 Å². The maximum atomic E-state index is 12.4. The van der Waals surface area contributed by atoms with Crippen molar-refractivity contribution in [3.8, 4) is 0 Å². The molecule has 1 aromatic heterocycles. The molecule has 2 rings (SSSR count). The highest BCUT2D eigenvalue weighted by atomic mass is 32.2. The SMILES string of the molecule is CNS(=O)(=O)c1ccc(CNc2ccc(C(F)(F)F)nn2)cc1. The third kappa shape index (κ3) is 4.39. The number of nitrogens with zero attached hydrogens (tertiary/aromatic N) is 2. The number of benzene rings is 1. The highest BCUT2D eigenvalue weighted by Crippen LogP contribution is 2.27. The third-order valence-electron chi connectivity index (χ3n) is 2.93. The Morgan fingerprint density at radius 2 is 1.70 bits per heavy atom. The zero-order valence-corrected chi connectivity index (χ0v) is 12.7. The predicted molar refractivity (Wildman–Crippen MR) is 77.0 cm³/mol. The summed E-state index contributed by atoms with van der Waals surface area (Å²) in [5, 5.41) is 9.34. The van der Waals surface area contributed by atoms with Crippen molar-refractivity contribution in [2.24, 2.45) is 0 Å². The summed E-state index contributed by atoms with van der Waals surface area (Å²) >= 11 is 0. The van der Waals surface area contributed by atoms with E-state index in [0.29, 0.717) is 0 Å². The van der Waals surface area contributed by atoms with Crippen LogP contribution in [-0.4, -0.2) is 25.7 Å². The second kappa shape index (κ2) is 6.50. The molecule has 0 aliphatic heterocycles. The number of halogens is 3. The van der Waals surface area contributed by atoms with E-state index < -0.39 is 21.9 Å². The molecule has 0 spiro atoms. The van der Waals surface area contributed by atoms with Gasteiger partial charge in [0, 0.05) is 6.54 Å². The number of alkyl halides is 3. The summed E-state index contributed by atoms with van der Waals surface area (Å²) in [6.07, 6.45) is -4.53. The van der Waals surface area contributed by atoms with Gasteiger partial charge in [-0.1, -0.05) is 12.1 Å². The zero-order valence-electron chi connectivity index (χ0n) is 11.9. The summed E-state index contributed by atoms with van der Waals surface area (Å²) in [7, 11) is -2.19.